The maximum absolute atomic E-state index is 13.4. The van der Waals surface area contributed by atoms with Crippen molar-refractivity contribution in [3.05, 3.63) is 156 Å². The van der Waals surface area contributed by atoms with Crippen molar-refractivity contribution in [3.8, 4) is 0 Å². The predicted octanol–water partition coefficient (Wildman–Crippen LogP) is -5.96. The van der Waals surface area contributed by atoms with E-state index in [0.29, 0.717) is 64.8 Å². The van der Waals surface area contributed by atoms with Crippen molar-refractivity contribution in [1.29, 1.82) is 0 Å². The van der Waals surface area contributed by atoms with Gasteiger partial charge in [0.2, 0.25) is 5.91 Å². The third kappa shape index (κ3) is 13.3. The summed E-state index contributed by atoms with van der Waals surface area (Å²) in [6, 6.07) is 24.7. The van der Waals surface area contributed by atoms with Gasteiger partial charge in [-0.05, 0) is 42.5 Å². The number of nitrogens with zero attached hydrogens (tertiary/aromatic N) is 2. The lowest BCUT2D eigenvalue weighted by molar-refractivity contribution is -0.688. The van der Waals surface area contributed by atoms with Crippen molar-refractivity contribution in [3.63, 3.8) is 0 Å². The zero-order valence-corrected chi connectivity index (χ0v) is 34.6. The number of nitrogens with one attached hydrogen (secondary N) is 4. The van der Waals surface area contributed by atoms with Crippen LogP contribution in [0.15, 0.2) is 128 Å². The maximum atomic E-state index is 13.4. The number of anilines is 2. The Hall–Kier alpha value is -5.49. The minimum Gasteiger partial charge on any atom is -1.00 e. The molecule has 5 rings (SSSR count). The number of pyridine rings is 2. The van der Waals surface area contributed by atoms with Crippen molar-refractivity contribution >= 4 is 60.2 Å². The largest absolute Gasteiger partial charge is 1.00 e. The molecule has 8 N–H and O–H groups in total. The van der Waals surface area contributed by atoms with Gasteiger partial charge in [0.25, 0.3) is 17.7 Å². The summed E-state index contributed by atoms with van der Waals surface area (Å²) in [4.78, 5) is 51.8. The van der Waals surface area contributed by atoms with Gasteiger partial charge in [0.1, 0.15) is 0 Å². The van der Waals surface area contributed by atoms with Crippen molar-refractivity contribution in [2.45, 2.75) is 26.4 Å². The normalized spacial score (nSPS) is 10.2. The predicted molar refractivity (Wildman–Crippen MR) is 211 cm³/mol. The molecule has 0 fully saturated rings. The van der Waals surface area contributed by atoms with Gasteiger partial charge < -0.3 is 75.3 Å². The highest BCUT2D eigenvalue weighted by atomic mass is 79.9. The molecule has 300 valence electrons. The first-order valence-electron chi connectivity index (χ1n) is 17.7. The van der Waals surface area contributed by atoms with E-state index in [9.17, 15) is 39.3 Å². The summed E-state index contributed by atoms with van der Waals surface area (Å²) in [6.45, 7) is 6.43. The van der Waals surface area contributed by atoms with E-state index in [2.05, 4.69) is 27.8 Å². The van der Waals surface area contributed by atoms with Gasteiger partial charge in [0.15, 0.2) is 37.9 Å². The molecular weight excluding hydrogens is 874 g/mol. The number of carbonyl (C=O) groups is 4. The Balaban J connectivity index is 0.00000450. The molecular formula is C40H42B2Br2N6O8. The molecule has 0 bridgehead atoms. The summed E-state index contributed by atoms with van der Waals surface area (Å²) < 4.78 is 3.56. The number of benzene rings is 3. The van der Waals surface area contributed by atoms with Gasteiger partial charge in [-0.3, -0.25) is 19.2 Å². The fourth-order valence-corrected chi connectivity index (χ4v) is 5.74. The Morgan fingerprint density at radius 1 is 0.586 bits per heavy atom. The van der Waals surface area contributed by atoms with Gasteiger partial charge in [-0.1, -0.05) is 55.1 Å². The molecule has 0 aliphatic carbocycles. The number of hydrogen-bond acceptors (Lipinski definition) is 8. The van der Waals surface area contributed by atoms with Crippen LogP contribution in [0.3, 0.4) is 0 Å². The fraction of sp³-hybridized carbons (Fsp3) is 0.150. The first-order chi connectivity index (χ1) is 26.9. The minimum absolute atomic E-state index is 0. The fourth-order valence-electron chi connectivity index (χ4n) is 5.74. The summed E-state index contributed by atoms with van der Waals surface area (Å²) in [5.41, 5.74) is 3.79. The number of halogens is 2. The monoisotopic (exact) mass is 914 g/mol. The van der Waals surface area contributed by atoms with E-state index in [1.807, 2.05) is 0 Å². The molecule has 0 spiro atoms. The summed E-state index contributed by atoms with van der Waals surface area (Å²) >= 11 is 0. The van der Waals surface area contributed by atoms with E-state index in [1.54, 1.807) is 114 Å². The average molecular weight is 916 g/mol. The van der Waals surface area contributed by atoms with Gasteiger partial charge in [0, 0.05) is 71.0 Å². The zero-order valence-electron chi connectivity index (χ0n) is 31.4. The average Bonchev–Trinajstić information content (AvgIpc) is 3.18. The van der Waals surface area contributed by atoms with Crippen molar-refractivity contribution < 1.29 is 82.4 Å². The minimum atomic E-state index is -1.62. The maximum Gasteiger partial charge on any atom is 0.488 e. The molecule has 0 atom stereocenters. The van der Waals surface area contributed by atoms with Gasteiger partial charge >= 0.3 is 14.2 Å². The lowest BCUT2D eigenvalue weighted by Crippen LogP contribution is -3.00. The third-order valence-electron chi connectivity index (χ3n) is 8.70. The Labute approximate surface area is 357 Å². The number of carbonyl (C=O) groups excluding carboxylic acids is 4. The van der Waals surface area contributed by atoms with Gasteiger partial charge in [-0.2, -0.15) is 0 Å². The van der Waals surface area contributed by atoms with Crippen LogP contribution < -0.4 is 75.3 Å². The SMILES string of the molecule is C=C(C)C(=O)NCCCNC(=O)c1cc(NC(=O)c2cc[n+](Cc3ccccc3B(O)O)cc2)cc(NC(=O)c2cc[n+](Cc3ccccc3B(O)O)cc2)c1.[Br-].[Br-]. The van der Waals surface area contributed by atoms with Crippen molar-refractivity contribution in [2.75, 3.05) is 23.7 Å². The Morgan fingerprint density at radius 3 is 1.41 bits per heavy atom. The van der Waals surface area contributed by atoms with Crippen LogP contribution >= 0.6 is 0 Å². The van der Waals surface area contributed by atoms with E-state index in [1.165, 1.54) is 18.2 Å². The summed E-state index contributed by atoms with van der Waals surface area (Å²) in [5, 5.41) is 49.9. The summed E-state index contributed by atoms with van der Waals surface area (Å²) in [7, 11) is -3.25. The molecule has 0 aliphatic heterocycles. The van der Waals surface area contributed by atoms with Crippen LogP contribution in [0.2, 0.25) is 0 Å². The smallest absolute Gasteiger partial charge is 0.488 e. The Bertz CT molecular complexity index is 2100. The zero-order chi connectivity index (χ0) is 40.2. The van der Waals surface area contributed by atoms with Crippen LogP contribution in [0.25, 0.3) is 0 Å². The molecule has 0 unspecified atom stereocenters. The molecule has 18 heteroatoms. The molecule has 5 aromatic rings. The standard InChI is InChI=1S/C40H40B2N6O8.2BrH/c1-27(2)37(49)43-16-7-17-44-38(50)32-22-33(45-39(51)28-12-18-47(19-13-28)25-30-8-3-5-10-35(30)41(53)54)24-34(23-32)46-40(52)29-14-20-48(21-15-29)26-31-9-4-6-11-36(31)42(55)56;;/h3-6,8-15,18-24,53-56H,1,7,16-17,25-26H2,2H3,(H2-2,43,44,45,46,49,50,51,52);2*1H. The van der Waals surface area contributed by atoms with Gasteiger partial charge in [-0.25, -0.2) is 9.13 Å². The van der Waals surface area contributed by atoms with E-state index in [4.69, 9.17) is 0 Å². The molecule has 0 radical (unpaired) electrons. The van der Waals surface area contributed by atoms with E-state index >= 15 is 0 Å². The highest BCUT2D eigenvalue weighted by Crippen LogP contribution is 2.21. The second-order valence-corrected chi connectivity index (χ2v) is 13.0. The molecule has 2 aromatic heterocycles. The van der Waals surface area contributed by atoms with E-state index in [-0.39, 0.29) is 63.4 Å². The number of amides is 4. The van der Waals surface area contributed by atoms with Gasteiger partial charge in [0.05, 0.1) is 11.1 Å². The Kier molecular flexibility index (Phi) is 18.1. The van der Waals surface area contributed by atoms with Crippen LogP contribution in [0.5, 0.6) is 0 Å². The first kappa shape index (κ1) is 46.9. The molecule has 58 heavy (non-hydrogen) atoms. The molecule has 0 aliphatic rings. The van der Waals surface area contributed by atoms with E-state index < -0.39 is 32.0 Å². The van der Waals surface area contributed by atoms with Crippen molar-refractivity contribution in [2.24, 2.45) is 0 Å². The van der Waals surface area contributed by atoms with Crippen LogP contribution in [-0.2, 0) is 17.9 Å². The summed E-state index contributed by atoms with van der Waals surface area (Å²) in [5.74, 6) is -1.70. The Morgan fingerprint density at radius 2 is 1.00 bits per heavy atom. The highest BCUT2D eigenvalue weighted by Gasteiger charge is 2.20. The molecule has 0 saturated heterocycles. The van der Waals surface area contributed by atoms with Crippen LogP contribution in [-0.4, -0.2) is 71.1 Å². The van der Waals surface area contributed by atoms with Crippen LogP contribution in [0.1, 0.15) is 55.5 Å². The second kappa shape index (κ2) is 22.4. The lowest BCUT2D eigenvalue weighted by atomic mass is 9.77. The highest BCUT2D eigenvalue weighted by molar-refractivity contribution is 6.59. The molecule has 3 aromatic carbocycles. The third-order valence-corrected chi connectivity index (χ3v) is 8.70. The molecule has 4 amide bonds. The van der Waals surface area contributed by atoms with Crippen LogP contribution in [0.4, 0.5) is 11.4 Å². The quantitative estimate of drug-likeness (QED) is 0.0207. The molecule has 14 nitrogen and oxygen atoms in total. The number of hydrogen-bond donors (Lipinski definition) is 8. The lowest BCUT2D eigenvalue weighted by Gasteiger charge is -2.13. The molecule has 2 heterocycles. The topological polar surface area (TPSA) is 205 Å². The summed E-state index contributed by atoms with van der Waals surface area (Å²) in [6.07, 6.45) is 7.18. The molecule has 0 saturated carbocycles. The van der Waals surface area contributed by atoms with E-state index in [0.717, 1.165) is 0 Å². The first-order valence-corrected chi connectivity index (χ1v) is 17.7. The number of rotatable bonds is 16. The number of aromatic nitrogens is 2. The van der Waals surface area contributed by atoms with Crippen LogP contribution in [0, 0.1) is 0 Å². The second-order valence-electron chi connectivity index (χ2n) is 13.0. The van der Waals surface area contributed by atoms with Gasteiger partial charge in [-0.15, -0.1) is 0 Å². The van der Waals surface area contributed by atoms with Crippen molar-refractivity contribution in [1.82, 2.24) is 10.6 Å².